The Morgan fingerprint density at radius 2 is 1.39 bits per heavy atom. The summed E-state index contributed by atoms with van der Waals surface area (Å²) in [5.74, 6) is -0.895. The molecule has 9 nitrogen and oxygen atoms in total. The maximum atomic E-state index is 13.6. The highest BCUT2D eigenvalue weighted by Crippen LogP contribution is 2.28. The van der Waals surface area contributed by atoms with Gasteiger partial charge in [0.25, 0.3) is 20.0 Å². The molecule has 0 fully saturated rings. The molecule has 0 saturated carbocycles. The van der Waals surface area contributed by atoms with Crippen molar-refractivity contribution in [2.45, 2.75) is 23.6 Å². The number of aryl methyl sites for hydroxylation is 2. The number of hydrogen-bond acceptors (Lipinski definition) is 6. The van der Waals surface area contributed by atoms with Crippen molar-refractivity contribution in [2.75, 3.05) is 28.0 Å². The van der Waals surface area contributed by atoms with Crippen molar-refractivity contribution < 1.29 is 30.8 Å². The molecule has 0 heterocycles. The van der Waals surface area contributed by atoms with Crippen molar-refractivity contribution >= 4 is 43.0 Å². The van der Waals surface area contributed by atoms with Crippen LogP contribution in [0.5, 0.6) is 5.75 Å². The minimum Gasteiger partial charge on any atom is -0.495 e. The molecule has 2 N–H and O–H groups in total. The Hall–Kier alpha value is -4.42. The third-order valence-corrected chi connectivity index (χ3v) is 9.23. The summed E-state index contributed by atoms with van der Waals surface area (Å²) in [4.78, 5) is 12.9. The van der Waals surface area contributed by atoms with Gasteiger partial charge in [-0.3, -0.25) is 13.8 Å². The fourth-order valence-electron chi connectivity index (χ4n) is 3.91. The summed E-state index contributed by atoms with van der Waals surface area (Å²) in [6.07, 6.45) is 0. The Labute approximate surface area is 238 Å². The van der Waals surface area contributed by atoms with E-state index in [1.54, 1.807) is 30.3 Å². The molecule has 0 saturated heterocycles. The first-order valence-corrected chi connectivity index (χ1v) is 15.2. The summed E-state index contributed by atoms with van der Waals surface area (Å²) < 4.78 is 75.0. The average molecular weight is 598 g/mol. The molecule has 0 radical (unpaired) electrons. The monoisotopic (exact) mass is 597 g/mol. The molecule has 0 bridgehead atoms. The fraction of sp³-hybridized carbons (Fsp3) is 0.138. The van der Waals surface area contributed by atoms with Crippen LogP contribution < -0.4 is 19.1 Å². The van der Waals surface area contributed by atoms with Crippen molar-refractivity contribution in [2.24, 2.45) is 0 Å². The van der Waals surface area contributed by atoms with E-state index in [2.05, 4.69) is 10.0 Å². The average Bonchev–Trinajstić information content (AvgIpc) is 2.93. The van der Waals surface area contributed by atoms with Gasteiger partial charge in [0, 0.05) is 5.69 Å². The molecule has 0 aliphatic heterocycles. The molecular weight excluding hydrogens is 569 g/mol. The van der Waals surface area contributed by atoms with E-state index in [0.29, 0.717) is 5.75 Å². The number of carbonyl (C=O) groups is 1. The van der Waals surface area contributed by atoms with Gasteiger partial charge in [-0.15, -0.1) is 0 Å². The summed E-state index contributed by atoms with van der Waals surface area (Å²) in [5, 5.41) is 2.59. The lowest BCUT2D eigenvalue weighted by atomic mass is 10.2. The highest BCUT2D eigenvalue weighted by Gasteiger charge is 2.27. The summed E-state index contributed by atoms with van der Waals surface area (Å²) in [5.41, 5.74) is 2.31. The van der Waals surface area contributed by atoms with Crippen molar-refractivity contribution in [1.29, 1.82) is 0 Å². The van der Waals surface area contributed by atoms with E-state index in [0.717, 1.165) is 27.6 Å². The summed E-state index contributed by atoms with van der Waals surface area (Å²) in [6, 6.07) is 21.3. The van der Waals surface area contributed by atoms with Crippen LogP contribution in [0, 0.1) is 19.7 Å². The molecule has 4 aromatic carbocycles. The molecule has 4 rings (SSSR count). The molecular formula is C29H28FN3O6S2. The number of methoxy groups -OCH3 is 1. The second kappa shape index (κ2) is 12.0. The SMILES string of the molecule is COc1ccc(C)cc1NS(=O)(=O)c1ccc(NC(=O)CN(c2ccc(F)cc2)S(=O)(=O)c2ccc(C)cc2)cc1. The fourth-order valence-corrected chi connectivity index (χ4v) is 6.40. The standard InChI is InChI=1S/C29H28FN3O6S2/c1-20-4-13-26(14-5-20)41(37,38)33(24-11-7-22(30)8-12-24)19-29(34)31-23-9-15-25(16-10-23)40(35,36)32-27-18-21(2)6-17-28(27)39-3/h4-18,32H,19H2,1-3H3,(H,31,34). The first-order valence-electron chi connectivity index (χ1n) is 12.3. The Balaban J connectivity index is 1.53. The van der Waals surface area contributed by atoms with Crippen molar-refractivity contribution in [3.05, 3.63) is 108 Å². The summed E-state index contributed by atoms with van der Waals surface area (Å²) in [6.45, 7) is 3.02. The summed E-state index contributed by atoms with van der Waals surface area (Å²) in [7, 11) is -6.73. The first-order chi connectivity index (χ1) is 19.4. The molecule has 214 valence electrons. The Morgan fingerprint density at radius 3 is 2.00 bits per heavy atom. The number of sulfonamides is 2. The highest BCUT2D eigenvalue weighted by atomic mass is 32.2. The van der Waals surface area contributed by atoms with E-state index in [-0.39, 0.29) is 26.9 Å². The lowest BCUT2D eigenvalue weighted by molar-refractivity contribution is -0.114. The van der Waals surface area contributed by atoms with Gasteiger partial charge in [-0.2, -0.15) is 0 Å². The maximum absolute atomic E-state index is 13.6. The Bertz CT molecular complexity index is 1760. The van der Waals surface area contributed by atoms with Crippen LogP contribution in [-0.4, -0.2) is 36.4 Å². The van der Waals surface area contributed by atoms with Crippen molar-refractivity contribution in [3.8, 4) is 5.75 Å². The van der Waals surface area contributed by atoms with Crippen LogP contribution in [0.3, 0.4) is 0 Å². The predicted molar refractivity (Wildman–Crippen MR) is 156 cm³/mol. The number of benzene rings is 4. The van der Waals surface area contributed by atoms with Gasteiger partial charge in [-0.25, -0.2) is 21.2 Å². The number of anilines is 3. The van der Waals surface area contributed by atoms with Crippen LogP contribution in [0.25, 0.3) is 0 Å². The zero-order chi connectivity index (χ0) is 29.8. The molecule has 12 heteroatoms. The Kier molecular flexibility index (Phi) is 8.64. The number of halogens is 1. The van der Waals surface area contributed by atoms with E-state index in [4.69, 9.17) is 4.74 Å². The van der Waals surface area contributed by atoms with Crippen LogP contribution in [0.1, 0.15) is 11.1 Å². The van der Waals surface area contributed by atoms with Gasteiger partial charge in [0.15, 0.2) is 0 Å². The smallest absolute Gasteiger partial charge is 0.264 e. The van der Waals surface area contributed by atoms with Gasteiger partial charge >= 0.3 is 0 Å². The van der Waals surface area contributed by atoms with E-state index in [1.165, 1.54) is 55.6 Å². The molecule has 4 aromatic rings. The topological polar surface area (TPSA) is 122 Å². The highest BCUT2D eigenvalue weighted by molar-refractivity contribution is 7.93. The van der Waals surface area contributed by atoms with Gasteiger partial charge in [0.2, 0.25) is 5.91 Å². The largest absolute Gasteiger partial charge is 0.495 e. The van der Waals surface area contributed by atoms with E-state index in [9.17, 15) is 26.0 Å². The lowest BCUT2D eigenvalue weighted by Crippen LogP contribution is -2.38. The molecule has 0 aromatic heterocycles. The second-order valence-electron chi connectivity index (χ2n) is 9.18. The maximum Gasteiger partial charge on any atom is 0.264 e. The van der Waals surface area contributed by atoms with Gasteiger partial charge in [0.1, 0.15) is 18.1 Å². The van der Waals surface area contributed by atoms with Crippen LogP contribution in [-0.2, 0) is 24.8 Å². The summed E-state index contributed by atoms with van der Waals surface area (Å²) >= 11 is 0. The molecule has 41 heavy (non-hydrogen) atoms. The molecule has 0 aliphatic rings. The predicted octanol–water partition coefficient (Wildman–Crippen LogP) is 5.09. The molecule has 0 unspecified atom stereocenters. The lowest BCUT2D eigenvalue weighted by Gasteiger charge is -2.24. The van der Waals surface area contributed by atoms with Crippen LogP contribution in [0.15, 0.2) is 101 Å². The van der Waals surface area contributed by atoms with Gasteiger partial charge in [-0.05, 0) is 92.2 Å². The van der Waals surface area contributed by atoms with Gasteiger partial charge < -0.3 is 10.1 Å². The molecule has 0 atom stereocenters. The van der Waals surface area contributed by atoms with Crippen molar-refractivity contribution in [1.82, 2.24) is 0 Å². The number of amides is 1. The van der Waals surface area contributed by atoms with Crippen LogP contribution >= 0.6 is 0 Å². The van der Waals surface area contributed by atoms with E-state index >= 15 is 0 Å². The number of hydrogen-bond donors (Lipinski definition) is 2. The first kappa shape index (κ1) is 29.6. The van der Waals surface area contributed by atoms with Crippen LogP contribution in [0.4, 0.5) is 21.5 Å². The van der Waals surface area contributed by atoms with E-state index < -0.39 is 38.3 Å². The van der Waals surface area contributed by atoms with Crippen molar-refractivity contribution in [3.63, 3.8) is 0 Å². The minimum atomic E-state index is -4.18. The van der Waals surface area contributed by atoms with Gasteiger partial charge in [-0.1, -0.05) is 23.8 Å². The normalized spacial score (nSPS) is 11.5. The molecule has 0 aliphatic carbocycles. The number of nitrogens with zero attached hydrogens (tertiary/aromatic N) is 1. The zero-order valence-corrected chi connectivity index (χ0v) is 24.1. The van der Waals surface area contributed by atoms with E-state index in [1.807, 2.05) is 13.8 Å². The Morgan fingerprint density at radius 1 is 0.805 bits per heavy atom. The third-order valence-electron chi connectivity index (χ3n) is 6.06. The third kappa shape index (κ3) is 7.02. The number of ether oxygens (including phenoxy) is 1. The number of rotatable bonds is 10. The van der Waals surface area contributed by atoms with Crippen LogP contribution in [0.2, 0.25) is 0 Å². The number of nitrogens with one attached hydrogen (secondary N) is 2. The minimum absolute atomic E-state index is 0.0347. The quantitative estimate of drug-likeness (QED) is 0.263. The van der Waals surface area contributed by atoms with Gasteiger partial charge in [0.05, 0.1) is 28.3 Å². The zero-order valence-electron chi connectivity index (χ0n) is 22.5. The number of carbonyl (C=O) groups excluding carboxylic acids is 1. The molecule has 0 spiro atoms. The second-order valence-corrected chi connectivity index (χ2v) is 12.7. The molecule has 1 amide bonds.